The molecule has 0 spiro atoms. The van der Waals surface area contributed by atoms with E-state index in [4.69, 9.17) is 14.2 Å². The summed E-state index contributed by atoms with van der Waals surface area (Å²) < 4.78 is 15.9. The van der Waals surface area contributed by atoms with Gasteiger partial charge in [0.25, 0.3) is 0 Å². The number of likely N-dealkylation sites (tertiary alicyclic amines) is 1. The summed E-state index contributed by atoms with van der Waals surface area (Å²) in [7, 11) is 4.70. The summed E-state index contributed by atoms with van der Waals surface area (Å²) >= 11 is 0. The molecule has 0 radical (unpaired) electrons. The van der Waals surface area contributed by atoms with Crippen LogP contribution >= 0.6 is 0 Å². The first kappa shape index (κ1) is 16.3. The van der Waals surface area contributed by atoms with Crippen LogP contribution in [0.15, 0.2) is 12.1 Å². The van der Waals surface area contributed by atoms with Crippen molar-refractivity contribution in [2.45, 2.75) is 19.3 Å². The van der Waals surface area contributed by atoms with Crippen LogP contribution in [0.4, 0.5) is 5.69 Å². The predicted molar refractivity (Wildman–Crippen MR) is 85.0 cm³/mol. The summed E-state index contributed by atoms with van der Waals surface area (Å²) in [5.74, 6) is 1.79. The van der Waals surface area contributed by atoms with Gasteiger partial charge in [-0.1, -0.05) is 0 Å². The number of anilines is 1. The van der Waals surface area contributed by atoms with Gasteiger partial charge in [-0.2, -0.15) is 0 Å². The minimum atomic E-state index is 0.119. The van der Waals surface area contributed by atoms with Crippen molar-refractivity contribution in [1.29, 1.82) is 0 Å². The lowest BCUT2D eigenvalue weighted by Gasteiger charge is -2.27. The van der Waals surface area contributed by atoms with Crippen molar-refractivity contribution in [3.05, 3.63) is 12.1 Å². The maximum atomic E-state index is 12.2. The lowest BCUT2D eigenvalue weighted by Crippen LogP contribution is -2.39. The van der Waals surface area contributed by atoms with Gasteiger partial charge in [0, 0.05) is 30.9 Å². The van der Waals surface area contributed by atoms with E-state index in [2.05, 4.69) is 5.32 Å². The Bertz CT molecular complexity index is 488. The minimum Gasteiger partial charge on any atom is -0.493 e. The standard InChI is InChI=1S/C16H24N2O4/c1-20-13-9-12(10-14(21-2)16(13)22-3)17-11-15(19)18-7-5-4-6-8-18/h9-10,17H,4-8,11H2,1-3H3. The normalized spacial score (nSPS) is 14.4. The van der Waals surface area contributed by atoms with Crippen LogP contribution in [-0.2, 0) is 4.79 Å². The topological polar surface area (TPSA) is 60.0 Å². The molecule has 0 unspecified atom stereocenters. The highest BCUT2D eigenvalue weighted by atomic mass is 16.5. The number of rotatable bonds is 6. The van der Waals surface area contributed by atoms with Gasteiger partial charge in [-0.15, -0.1) is 0 Å². The van der Waals surface area contributed by atoms with Crippen molar-refractivity contribution in [2.24, 2.45) is 0 Å². The Balaban J connectivity index is 2.04. The Morgan fingerprint density at radius 1 is 1.05 bits per heavy atom. The van der Waals surface area contributed by atoms with E-state index < -0.39 is 0 Å². The summed E-state index contributed by atoms with van der Waals surface area (Å²) in [5.41, 5.74) is 0.764. The fourth-order valence-electron chi connectivity index (χ4n) is 2.62. The minimum absolute atomic E-state index is 0.119. The molecule has 1 N–H and O–H groups in total. The van der Waals surface area contributed by atoms with E-state index in [-0.39, 0.29) is 12.5 Å². The van der Waals surface area contributed by atoms with Crippen LogP contribution in [0.2, 0.25) is 0 Å². The number of methoxy groups -OCH3 is 3. The number of carbonyl (C=O) groups is 1. The number of hydrogen-bond acceptors (Lipinski definition) is 5. The van der Waals surface area contributed by atoms with Gasteiger partial charge in [-0.3, -0.25) is 4.79 Å². The van der Waals surface area contributed by atoms with E-state index in [1.54, 1.807) is 33.5 Å². The van der Waals surface area contributed by atoms with Crippen molar-refractivity contribution in [3.63, 3.8) is 0 Å². The number of hydrogen-bond donors (Lipinski definition) is 1. The van der Waals surface area contributed by atoms with E-state index in [0.717, 1.165) is 31.6 Å². The molecule has 122 valence electrons. The first-order valence-electron chi connectivity index (χ1n) is 7.51. The molecule has 0 bridgehead atoms. The molecule has 1 aromatic carbocycles. The first-order valence-corrected chi connectivity index (χ1v) is 7.51. The predicted octanol–water partition coefficient (Wildman–Crippen LogP) is 2.14. The van der Waals surface area contributed by atoms with E-state index in [1.165, 1.54) is 6.42 Å². The molecular formula is C16H24N2O4. The van der Waals surface area contributed by atoms with Crippen LogP contribution in [0.3, 0.4) is 0 Å². The van der Waals surface area contributed by atoms with Crippen molar-refractivity contribution >= 4 is 11.6 Å². The molecular weight excluding hydrogens is 284 g/mol. The third-order valence-electron chi connectivity index (χ3n) is 3.82. The lowest BCUT2D eigenvalue weighted by molar-refractivity contribution is -0.130. The summed E-state index contributed by atoms with van der Waals surface area (Å²) in [6.45, 7) is 1.98. The smallest absolute Gasteiger partial charge is 0.241 e. The van der Waals surface area contributed by atoms with Gasteiger partial charge >= 0.3 is 0 Å². The zero-order valence-corrected chi connectivity index (χ0v) is 13.5. The summed E-state index contributed by atoms with van der Waals surface area (Å²) in [6.07, 6.45) is 3.40. The van der Waals surface area contributed by atoms with Gasteiger partial charge in [-0.05, 0) is 19.3 Å². The van der Waals surface area contributed by atoms with Crippen LogP contribution in [-0.4, -0.2) is 51.8 Å². The van der Waals surface area contributed by atoms with Crippen LogP contribution in [0.1, 0.15) is 19.3 Å². The van der Waals surface area contributed by atoms with Gasteiger partial charge in [0.15, 0.2) is 11.5 Å². The van der Waals surface area contributed by atoms with Crippen molar-refractivity contribution < 1.29 is 19.0 Å². The number of carbonyl (C=O) groups excluding carboxylic acids is 1. The Morgan fingerprint density at radius 2 is 1.64 bits per heavy atom. The highest BCUT2D eigenvalue weighted by Gasteiger charge is 2.17. The average Bonchev–Trinajstić information content (AvgIpc) is 2.59. The molecule has 1 aromatic rings. The number of piperidine rings is 1. The highest BCUT2D eigenvalue weighted by molar-refractivity contribution is 5.81. The molecule has 1 aliphatic rings. The number of benzene rings is 1. The molecule has 1 heterocycles. The molecule has 0 atom stereocenters. The molecule has 1 amide bonds. The van der Waals surface area contributed by atoms with Gasteiger partial charge in [-0.25, -0.2) is 0 Å². The maximum Gasteiger partial charge on any atom is 0.241 e. The maximum absolute atomic E-state index is 12.2. The number of ether oxygens (including phenoxy) is 3. The van der Waals surface area contributed by atoms with E-state index >= 15 is 0 Å². The Hall–Kier alpha value is -2.11. The van der Waals surface area contributed by atoms with Gasteiger partial charge < -0.3 is 24.4 Å². The van der Waals surface area contributed by atoms with E-state index in [1.807, 2.05) is 4.90 Å². The molecule has 6 nitrogen and oxygen atoms in total. The van der Waals surface area contributed by atoms with Crippen molar-refractivity contribution in [3.8, 4) is 17.2 Å². The lowest BCUT2D eigenvalue weighted by atomic mass is 10.1. The second kappa shape index (κ2) is 7.77. The second-order valence-electron chi connectivity index (χ2n) is 5.21. The largest absolute Gasteiger partial charge is 0.493 e. The summed E-state index contributed by atoms with van der Waals surface area (Å²) in [4.78, 5) is 14.1. The second-order valence-corrected chi connectivity index (χ2v) is 5.21. The van der Waals surface area contributed by atoms with Crippen LogP contribution < -0.4 is 19.5 Å². The molecule has 0 aliphatic carbocycles. The van der Waals surface area contributed by atoms with E-state index in [0.29, 0.717) is 17.2 Å². The average molecular weight is 308 g/mol. The molecule has 0 aromatic heterocycles. The zero-order valence-electron chi connectivity index (χ0n) is 13.5. The fourth-order valence-corrected chi connectivity index (χ4v) is 2.62. The monoisotopic (exact) mass is 308 g/mol. The Labute approximate surface area is 131 Å². The van der Waals surface area contributed by atoms with Crippen LogP contribution in [0.5, 0.6) is 17.2 Å². The van der Waals surface area contributed by atoms with Crippen molar-refractivity contribution in [1.82, 2.24) is 4.90 Å². The third-order valence-corrected chi connectivity index (χ3v) is 3.82. The van der Waals surface area contributed by atoms with E-state index in [9.17, 15) is 4.79 Å². The Kier molecular flexibility index (Phi) is 5.75. The quantitative estimate of drug-likeness (QED) is 0.872. The SMILES string of the molecule is COc1cc(NCC(=O)N2CCCCC2)cc(OC)c1OC. The molecule has 1 saturated heterocycles. The third kappa shape index (κ3) is 3.75. The summed E-state index contributed by atoms with van der Waals surface area (Å²) in [5, 5.41) is 3.14. The fraction of sp³-hybridized carbons (Fsp3) is 0.562. The molecule has 2 rings (SSSR count). The van der Waals surface area contributed by atoms with Gasteiger partial charge in [0.05, 0.1) is 27.9 Å². The first-order chi connectivity index (χ1) is 10.7. The molecule has 1 aliphatic heterocycles. The molecule has 22 heavy (non-hydrogen) atoms. The highest BCUT2D eigenvalue weighted by Crippen LogP contribution is 2.39. The number of nitrogens with zero attached hydrogens (tertiary/aromatic N) is 1. The Morgan fingerprint density at radius 3 is 2.14 bits per heavy atom. The zero-order chi connectivity index (χ0) is 15.9. The van der Waals surface area contributed by atoms with Gasteiger partial charge in [0.1, 0.15) is 0 Å². The molecule has 6 heteroatoms. The summed E-state index contributed by atoms with van der Waals surface area (Å²) in [6, 6.07) is 3.59. The molecule has 1 fully saturated rings. The molecule has 0 saturated carbocycles. The number of amides is 1. The van der Waals surface area contributed by atoms with Crippen LogP contribution in [0.25, 0.3) is 0 Å². The van der Waals surface area contributed by atoms with Crippen molar-refractivity contribution in [2.75, 3.05) is 46.3 Å². The van der Waals surface area contributed by atoms with Crippen LogP contribution in [0, 0.1) is 0 Å². The van der Waals surface area contributed by atoms with Gasteiger partial charge in [0.2, 0.25) is 11.7 Å². The number of nitrogens with one attached hydrogen (secondary N) is 1.